The number of fused-ring (bicyclic) bond motifs is 1. The molecule has 3 heterocycles. The number of nitrogens with one attached hydrogen (secondary N) is 2. The number of rotatable bonds is 3. The first kappa shape index (κ1) is 12.5. The van der Waals surface area contributed by atoms with Crippen LogP contribution in [0.1, 0.15) is 0 Å². The fourth-order valence-corrected chi connectivity index (χ4v) is 1.98. The van der Waals surface area contributed by atoms with E-state index in [1.807, 2.05) is 0 Å². The van der Waals surface area contributed by atoms with Crippen molar-refractivity contribution in [1.82, 2.24) is 20.1 Å². The van der Waals surface area contributed by atoms with Gasteiger partial charge in [0.2, 0.25) is 11.8 Å². The molecule has 2 aromatic heterocycles. The first-order chi connectivity index (χ1) is 9.72. The van der Waals surface area contributed by atoms with Crippen molar-refractivity contribution in [2.24, 2.45) is 0 Å². The lowest BCUT2D eigenvalue weighted by Crippen LogP contribution is -2.45. The van der Waals surface area contributed by atoms with Crippen molar-refractivity contribution in [1.29, 1.82) is 0 Å². The fourth-order valence-electron chi connectivity index (χ4n) is 1.98. The molecule has 0 saturated carbocycles. The maximum absolute atomic E-state index is 11.9. The normalized spacial score (nSPS) is 15.6. The Morgan fingerprint density at radius 3 is 3.25 bits per heavy atom. The number of anilines is 1. The van der Waals surface area contributed by atoms with Crippen molar-refractivity contribution >= 4 is 28.5 Å². The van der Waals surface area contributed by atoms with Crippen molar-refractivity contribution in [2.75, 3.05) is 31.6 Å². The van der Waals surface area contributed by atoms with Gasteiger partial charge in [-0.05, 0) is 6.07 Å². The molecule has 2 amide bonds. The highest BCUT2D eigenvalue weighted by Gasteiger charge is 2.21. The second kappa shape index (κ2) is 5.25. The number of amides is 2. The first-order valence-electron chi connectivity index (χ1n) is 6.17. The van der Waals surface area contributed by atoms with Crippen molar-refractivity contribution in [3.05, 3.63) is 18.5 Å². The van der Waals surface area contributed by atoms with E-state index in [-0.39, 0.29) is 25.0 Å². The first-order valence-corrected chi connectivity index (χ1v) is 6.17. The Morgan fingerprint density at radius 1 is 1.50 bits per heavy atom. The minimum Gasteiger partial charge on any atom is -0.370 e. The second-order valence-corrected chi connectivity index (χ2v) is 4.44. The molecule has 0 radical (unpaired) electrons. The molecule has 0 unspecified atom stereocenters. The van der Waals surface area contributed by atoms with Crippen LogP contribution in [0.5, 0.6) is 0 Å². The zero-order valence-electron chi connectivity index (χ0n) is 10.6. The molecule has 1 aliphatic heterocycles. The van der Waals surface area contributed by atoms with Crippen LogP contribution in [0.2, 0.25) is 0 Å². The molecule has 20 heavy (non-hydrogen) atoms. The summed E-state index contributed by atoms with van der Waals surface area (Å²) in [5, 5.41) is 10.2. The van der Waals surface area contributed by atoms with E-state index >= 15 is 0 Å². The maximum Gasteiger partial charge on any atom is 0.249 e. The van der Waals surface area contributed by atoms with Crippen LogP contribution in [0.3, 0.4) is 0 Å². The van der Waals surface area contributed by atoms with E-state index in [2.05, 4.69) is 20.5 Å². The Labute approximate surface area is 114 Å². The van der Waals surface area contributed by atoms with E-state index in [1.165, 1.54) is 4.90 Å². The molecule has 0 atom stereocenters. The zero-order valence-corrected chi connectivity index (χ0v) is 10.6. The number of ether oxygens (including phenoxy) is 1. The summed E-state index contributed by atoms with van der Waals surface area (Å²) in [7, 11) is 0. The largest absolute Gasteiger partial charge is 0.370 e. The number of nitrogens with zero attached hydrogens (tertiary/aromatic N) is 3. The monoisotopic (exact) mass is 275 g/mol. The van der Waals surface area contributed by atoms with Gasteiger partial charge in [-0.1, -0.05) is 0 Å². The number of aromatic nitrogens is 3. The lowest BCUT2D eigenvalue weighted by Gasteiger charge is -2.25. The van der Waals surface area contributed by atoms with Crippen LogP contribution in [0, 0.1) is 0 Å². The molecule has 0 aromatic carbocycles. The summed E-state index contributed by atoms with van der Waals surface area (Å²) in [6.07, 6.45) is 3.25. The highest BCUT2D eigenvalue weighted by atomic mass is 16.5. The van der Waals surface area contributed by atoms with Gasteiger partial charge in [0.25, 0.3) is 0 Å². The van der Waals surface area contributed by atoms with Crippen LogP contribution < -0.4 is 5.32 Å². The average molecular weight is 275 g/mol. The number of H-pyrrole nitrogens is 1. The van der Waals surface area contributed by atoms with E-state index < -0.39 is 0 Å². The van der Waals surface area contributed by atoms with Crippen LogP contribution in [0.25, 0.3) is 10.9 Å². The summed E-state index contributed by atoms with van der Waals surface area (Å²) >= 11 is 0. The standard InChI is InChI=1S/C12H13N5O3/c18-11(6-17-1-2-20-7-12(17)19)15-10-3-8-4-14-16-9(8)5-13-10/h3-5H,1-2,6-7H2,(H,14,16)(H,13,15,18). The number of hydrogen-bond acceptors (Lipinski definition) is 5. The number of carbonyl (C=O) groups is 2. The van der Waals surface area contributed by atoms with E-state index in [4.69, 9.17) is 4.74 Å². The van der Waals surface area contributed by atoms with Crippen molar-refractivity contribution in [3.63, 3.8) is 0 Å². The molecule has 1 saturated heterocycles. The summed E-state index contributed by atoms with van der Waals surface area (Å²) in [5.41, 5.74) is 0.798. The van der Waals surface area contributed by atoms with Gasteiger partial charge in [0, 0.05) is 11.9 Å². The fraction of sp³-hybridized carbons (Fsp3) is 0.333. The number of pyridine rings is 1. The molecule has 8 nitrogen and oxygen atoms in total. The molecule has 3 rings (SSSR count). The Kier molecular flexibility index (Phi) is 3.30. The van der Waals surface area contributed by atoms with Gasteiger partial charge in [-0.3, -0.25) is 14.7 Å². The van der Waals surface area contributed by atoms with Gasteiger partial charge in [-0.2, -0.15) is 5.10 Å². The molecule has 0 bridgehead atoms. The smallest absolute Gasteiger partial charge is 0.249 e. The topological polar surface area (TPSA) is 100 Å². The molecule has 0 aliphatic carbocycles. The molecular formula is C12H13N5O3. The molecule has 0 spiro atoms. The maximum atomic E-state index is 11.9. The Bertz CT molecular complexity index is 653. The number of carbonyl (C=O) groups excluding carboxylic acids is 2. The lowest BCUT2D eigenvalue weighted by molar-refractivity contribution is -0.144. The third kappa shape index (κ3) is 2.59. The quantitative estimate of drug-likeness (QED) is 0.805. The van der Waals surface area contributed by atoms with Crippen LogP contribution in [-0.2, 0) is 14.3 Å². The van der Waals surface area contributed by atoms with Gasteiger partial charge in [-0.15, -0.1) is 0 Å². The molecule has 2 aromatic rings. The van der Waals surface area contributed by atoms with Gasteiger partial charge in [-0.25, -0.2) is 4.98 Å². The van der Waals surface area contributed by atoms with E-state index in [1.54, 1.807) is 18.5 Å². The number of aromatic amines is 1. The highest BCUT2D eigenvalue weighted by Crippen LogP contribution is 2.13. The SMILES string of the molecule is O=C(CN1CCOCC1=O)Nc1cc2cn[nH]c2cn1. The summed E-state index contributed by atoms with van der Waals surface area (Å²) in [6.45, 7) is 0.929. The van der Waals surface area contributed by atoms with Crippen LogP contribution >= 0.6 is 0 Å². The second-order valence-electron chi connectivity index (χ2n) is 4.44. The predicted octanol–water partition coefficient (Wildman–Crippen LogP) is -0.245. The predicted molar refractivity (Wildman–Crippen MR) is 69.9 cm³/mol. The highest BCUT2D eigenvalue weighted by molar-refractivity contribution is 5.95. The zero-order chi connectivity index (χ0) is 13.9. The Hall–Kier alpha value is -2.48. The molecule has 8 heteroatoms. The minimum absolute atomic E-state index is 0.00724. The average Bonchev–Trinajstić information content (AvgIpc) is 2.89. The summed E-state index contributed by atoms with van der Waals surface area (Å²) in [5.74, 6) is -0.0233. The molecule has 1 fully saturated rings. The van der Waals surface area contributed by atoms with E-state index in [9.17, 15) is 9.59 Å². The lowest BCUT2D eigenvalue weighted by atomic mass is 10.3. The minimum atomic E-state index is -0.282. The van der Waals surface area contributed by atoms with Crippen molar-refractivity contribution < 1.29 is 14.3 Å². The van der Waals surface area contributed by atoms with Crippen molar-refractivity contribution in [2.45, 2.75) is 0 Å². The molecule has 104 valence electrons. The van der Waals surface area contributed by atoms with E-state index in [0.29, 0.717) is 19.0 Å². The number of hydrogen-bond donors (Lipinski definition) is 2. The summed E-state index contributed by atoms with van der Waals surface area (Å²) < 4.78 is 5.01. The van der Waals surface area contributed by atoms with Gasteiger partial charge < -0.3 is 15.0 Å². The van der Waals surface area contributed by atoms with Gasteiger partial charge in [0.15, 0.2) is 0 Å². The Morgan fingerprint density at radius 2 is 2.40 bits per heavy atom. The van der Waals surface area contributed by atoms with Gasteiger partial charge in [0.05, 0.1) is 24.5 Å². The van der Waals surface area contributed by atoms with Gasteiger partial charge >= 0.3 is 0 Å². The van der Waals surface area contributed by atoms with Crippen LogP contribution in [0.4, 0.5) is 5.82 Å². The third-order valence-corrected chi connectivity index (χ3v) is 3.01. The van der Waals surface area contributed by atoms with E-state index in [0.717, 1.165) is 10.9 Å². The third-order valence-electron chi connectivity index (χ3n) is 3.01. The molecule has 1 aliphatic rings. The van der Waals surface area contributed by atoms with Crippen molar-refractivity contribution in [3.8, 4) is 0 Å². The number of morpholine rings is 1. The van der Waals surface area contributed by atoms with Crippen LogP contribution in [0.15, 0.2) is 18.5 Å². The Balaban J connectivity index is 1.64. The molecule has 2 N–H and O–H groups in total. The van der Waals surface area contributed by atoms with Gasteiger partial charge in [0.1, 0.15) is 19.0 Å². The summed E-state index contributed by atoms with van der Waals surface area (Å²) in [4.78, 5) is 29.0. The summed E-state index contributed by atoms with van der Waals surface area (Å²) in [6, 6.07) is 1.72. The van der Waals surface area contributed by atoms with Crippen LogP contribution in [-0.4, -0.2) is 58.2 Å². The molecular weight excluding hydrogens is 262 g/mol.